The molecule has 0 aliphatic heterocycles. The molecule has 0 bridgehead atoms. The molecule has 0 aliphatic rings. The van der Waals surface area contributed by atoms with Gasteiger partial charge in [0.1, 0.15) is 23.0 Å². The number of ether oxygens (including phenoxy) is 2. The third kappa shape index (κ3) is 2.59. The van der Waals surface area contributed by atoms with E-state index < -0.39 is 0 Å². The number of aryl methyl sites for hydroxylation is 1. The molecule has 100 valence electrons. The Morgan fingerprint density at radius 2 is 2.21 bits per heavy atom. The van der Waals surface area contributed by atoms with Crippen LogP contribution in [0, 0.1) is 6.92 Å². The van der Waals surface area contributed by atoms with E-state index in [0.29, 0.717) is 23.9 Å². The number of methoxy groups -OCH3 is 1. The molecular weight excluding hydrogens is 242 g/mol. The molecule has 0 saturated heterocycles. The van der Waals surface area contributed by atoms with E-state index in [4.69, 9.17) is 9.47 Å². The van der Waals surface area contributed by atoms with Crippen molar-refractivity contribution in [2.75, 3.05) is 13.7 Å². The smallest absolute Gasteiger partial charge is 0.238 e. The molecule has 0 atom stereocenters. The lowest BCUT2D eigenvalue weighted by Crippen LogP contribution is -2.03. The van der Waals surface area contributed by atoms with Gasteiger partial charge in [0, 0.05) is 12.4 Å². The van der Waals surface area contributed by atoms with Gasteiger partial charge in [-0.15, -0.1) is 0 Å². The number of pyridine rings is 1. The second kappa shape index (κ2) is 5.56. The van der Waals surface area contributed by atoms with E-state index in [1.807, 2.05) is 36.7 Å². The summed E-state index contributed by atoms with van der Waals surface area (Å²) < 4.78 is 12.6. The third-order valence-corrected chi connectivity index (χ3v) is 2.72. The molecule has 2 rings (SSSR count). The quantitative estimate of drug-likeness (QED) is 0.774. The largest absolute Gasteiger partial charge is 0.492 e. The Morgan fingerprint density at radius 3 is 2.79 bits per heavy atom. The van der Waals surface area contributed by atoms with Crippen LogP contribution >= 0.6 is 0 Å². The molecule has 0 unspecified atom stereocenters. The molecule has 5 heteroatoms. The molecule has 2 aromatic heterocycles. The van der Waals surface area contributed by atoms with Crippen LogP contribution < -0.4 is 4.74 Å². The number of aromatic nitrogens is 3. The zero-order valence-corrected chi connectivity index (χ0v) is 11.4. The summed E-state index contributed by atoms with van der Waals surface area (Å²) in [4.78, 5) is 8.60. The molecule has 0 spiro atoms. The monoisotopic (exact) mass is 259 g/mol. The van der Waals surface area contributed by atoms with Crippen LogP contribution in [0.5, 0.6) is 5.88 Å². The molecule has 0 amide bonds. The summed E-state index contributed by atoms with van der Waals surface area (Å²) in [5.41, 5.74) is 1.51. The van der Waals surface area contributed by atoms with E-state index in [1.54, 1.807) is 13.3 Å². The third-order valence-electron chi connectivity index (χ3n) is 2.72. The highest BCUT2D eigenvalue weighted by atomic mass is 16.5. The Labute approximate surface area is 112 Å². The van der Waals surface area contributed by atoms with Gasteiger partial charge in [-0.3, -0.25) is 4.57 Å². The minimum Gasteiger partial charge on any atom is -0.492 e. The zero-order valence-electron chi connectivity index (χ0n) is 11.4. The Bertz CT molecular complexity index is 590. The Hall–Kier alpha value is -2.30. The van der Waals surface area contributed by atoms with Crippen molar-refractivity contribution in [3.63, 3.8) is 0 Å². The van der Waals surface area contributed by atoms with Crippen LogP contribution in [-0.2, 0) is 4.74 Å². The van der Waals surface area contributed by atoms with E-state index in [-0.39, 0.29) is 0 Å². The number of rotatable bonds is 5. The molecule has 0 aliphatic carbocycles. The molecule has 19 heavy (non-hydrogen) atoms. The second-order valence-corrected chi connectivity index (χ2v) is 3.93. The average Bonchev–Trinajstić information content (AvgIpc) is 2.84. The lowest BCUT2D eigenvalue weighted by molar-refractivity contribution is 0.297. The van der Waals surface area contributed by atoms with E-state index in [0.717, 1.165) is 11.5 Å². The van der Waals surface area contributed by atoms with Crippen molar-refractivity contribution in [3.8, 4) is 11.6 Å². The first-order chi connectivity index (χ1) is 9.17. The van der Waals surface area contributed by atoms with Gasteiger partial charge < -0.3 is 9.47 Å². The number of nitrogens with zero attached hydrogens (tertiary/aromatic N) is 3. The molecule has 0 saturated carbocycles. The van der Waals surface area contributed by atoms with Crippen molar-refractivity contribution in [3.05, 3.63) is 42.6 Å². The summed E-state index contributed by atoms with van der Waals surface area (Å²) in [6, 6.07) is 3.77. The summed E-state index contributed by atoms with van der Waals surface area (Å²) in [6.45, 7) is 8.23. The fourth-order valence-corrected chi connectivity index (χ4v) is 1.80. The first kappa shape index (κ1) is 13.1. The summed E-state index contributed by atoms with van der Waals surface area (Å²) in [6.07, 6.45) is 3.60. The van der Waals surface area contributed by atoms with Gasteiger partial charge in [0.25, 0.3) is 0 Å². The SMILES string of the molecule is C=C(OCC)c1ccc(-n2ccnc2C)c(OC)n1. The van der Waals surface area contributed by atoms with Gasteiger partial charge in [0.15, 0.2) is 0 Å². The van der Waals surface area contributed by atoms with Crippen LogP contribution in [-0.4, -0.2) is 28.3 Å². The summed E-state index contributed by atoms with van der Waals surface area (Å²) in [5.74, 6) is 1.92. The molecule has 0 N–H and O–H groups in total. The van der Waals surface area contributed by atoms with Gasteiger partial charge in [0.2, 0.25) is 5.88 Å². The second-order valence-electron chi connectivity index (χ2n) is 3.93. The normalized spacial score (nSPS) is 10.3. The summed E-state index contributed by atoms with van der Waals surface area (Å²) in [7, 11) is 1.59. The Balaban J connectivity index is 2.43. The van der Waals surface area contributed by atoms with Gasteiger partial charge in [-0.05, 0) is 26.0 Å². The van der Waals surface area contributed by atoms with E-state index >= 15 is 0 Å². The fourth-order valence-electron chi connectivity index (χ4n) is 1.80. The molecule has 0 radical (unpaired) electrons. The predicted octanol–water partition coefficient (Wildman–Crippen LogP) is 2.59. The summed E-state index contributed by atoms with van der Waals surface area (Å²) in [5, 5.41) is 0. The highest BCUT2D eigenvalue weighted by molar-refractivity contribution is 5.57. The Kier molecular flexibility index (Phi) is 3.85. The van der Waals surface area contributed by atoms with Crippen LogP contribution in [0.25, 0.3) is 11.4 Å². The Morgan fingerprint density at radius 1 is 1.42 bits per heavy atom. The van der Waals surface area contributed by atoms with Crippen molar-refractivity contribution >= 4 is 5.76 Å². The van der Waals surface area contributed by atoms with Gasteiger partial charge in [-0.25, -0.2) is 9.97 Å². The van der Waals surface area contributed by atoms with E-state index in [2.05, 4.69) is 16.5 Å². The van der Waals surface area contributed by atoms with Gasteiger partial charge in [-0.2, -0.15) is 0 Å². The van der Waals surface area contributed by atoms with Crippen molar-refractivity contribution in [1.82, 2.24) is 14.5 Å². The highest BCUT2D eigenvalue weighted by Gasteiger charge is 2.11. The van der Waals surface area contributed by atoms with Crippen LogP contribution in [0.15, 0.2) is 31.1 Å². The number of imidazole rings is 1. The first-order valence-corrected chi connectivity index (χ1v) is 6.04. The number of hydrogen-bond donors (Lipinski definition) is 0. The van der Waals surface area contributed by atoms with Crippen LogP contribution in [0.1, 0.15) is 18.4 Å². The molecular formula is C14H17N3O2. The topological polar surface area (TPSA) is 49.2 Å². The maximum atomic E-state index is 5.35. The lowest BCUT2D eigenvalue weighted by atomic mass is 10.3. The van der Waals surface area contributed by atoms with Crippen LogP contribution in [0.3, 0.4) is 0 Å². The average molecular weight is 259 g/mol. The molecule has 2 heterocycles. The minimum atomic E-state index is 0.513. The lowest BCUT2D eigenvalue weighted by Gasteiger charge is -2.12. The van der Waals surface area contributed by atoms with Crippen molar-refractivity contribution in [2.24, 2.45) is 0 Å². The summed E-state index contributed by atoms with van der Waals surface area (Å²) >= 11 is 0. The standard InChI is InChI=1S/C14H17N3O2/c1-5-19-10(2)12-6-7-13(14(16-12)18-4)17-9-8-15-11(17)3/h6-9H,2,5H2,1,3-4H3. The van der Waals surface area contributed by atoms with E-state index in [1.165, 1.54) is 0 Å². The molecule has 5 nitrogen and oxygen atoms in total. The van der Waals surface area contributed by atoms with E-state index in [9.17, 15) is 0 Å². The zero-order chi connectivity index (χ0) is 13.8. The van der Waals surface area contributed by atoms with Gasteiger partial charge in [0.05, 0.1) is 13.7 Å². The fraction of sp³-hybridized carbons (Fsp3) is 0.286. The molecule has 2 aromatic rings. The van der Waals surface area contributed by atoms with Gasteiger partial charge >= 0.3 is 0 Å². The predicted molar refractivity (Wildman–Crippen MR) is 73.3 cm³/mol. The van der Waals surface area contributed by atoms with Crippen molar-refractivity contribution in [1.29, 1.82) is 0 Å². The molecule has 0 fully saturated rings. The van der Waals surface area contributed by atoms with Crippen LogP contribution in [0.4, 0.5) is 0 Å². The maximum absolute atomic E-state index is 5.35. The highest BCUT2D eigenvalue weighted by Crippen LogP contribution is 2.24. The molecule has 0 aromatic carbocycles. The van der Waals surface area contributed by atoms with Crippen molar-refractivity contribution in [2.45, 2.75) is 13.8 Å². The van der Waals surface area contributed by atoms with Crippen molar-refractivity contribution < 1.29 is 9.47 Å². The van der Waals surface area contributed by atoms with Crippen LogP contribution in [0.2, 0.25) is 0 Å². The van der Waals surface area contributed by atoms with Gasteiger partial charge in [-0.1, -0.05) is 6.58 Å². The number of hydrogen-bond acceptors (Lipinski definition) is 4. The first-order valence-electron chi connectivity index (χ1n) is 6.04. The minimum absolute atomic E-state index is 0.513. The maximum Gasteiger partial charge on any atom is 0.238 e.